The quantitative estimate of drug-likeness (QED) is 0.782. The van der Waals surface area contributed by atoms with Crippen LogP contribution in [0.4, 0.5) is 13.2 Å². The molecular formula is C9H13F3N2O3S. The molecule has 2 aliphatic rings. The molecule has 1 N–H and O–H groups in total. The number of hydrogen-bond donors (Lipinski definition) is 1. The topological polar surface area (TPSA) is 66.5 Å². The van der Waals surface area contributed by atoms with Gasteiger partial charge in [0.2, 0.25) is 10.0 Å². The highest BCUT2D eigenvalue weighted by atomic mass is 32.2. The standard InChI is InChI=1S/C9H13F3N2O3S/c1-18(16,17)13-6-2-8(3-6)4-14(5-8)7(15)9(10,11)12/h6,13H,2-5H2,1H3. The molecule has 1 saturated heterocycles. The molecule has 1 amide bonds. The minimum Gasteiger partial charge on any atom is -0.334 e. The highest BCUT2D eigenvalue weighted by molar-refractivity contribution is 7.88. The number of carbonyl (C=O) groups excluding carboxylic acids is 1. The molecule has 1 heterocycles. The SMILES string of the molecule is CS(=O)(=O)NC1CC2(C1)CN(C(=O)C(F)(F)F)C2. The van der Waals surface area contributed by atoms with Crippen molar-refractivity contribution in [1.82, 2.24) is 9.62 Å². The van der Waals surface area contributed by atoms with Gasteiger partial charge in [0.1, 0.15) is 0 Å². The van der Waals surface area contributed by atoms with Gasteiger partial charge in [0, 0.05) is 24.5 Å². The first-order valence-electron chi connectivity index (χ1n) is 5.34. The minimum atomic E-state index is -4.82. The Kier molecular flexibility index (Phi) is 2.89. The average Bonchev–Trinajstić information content (AvgIpc) is 2.01. The zero-order valence-corrected chi connectivity index (χ0v) is 10.4. The Balaban J connectivity index is 1.80. The molecule has 0 unspecified atom stereocenters. The van der Waals surface area contributed by atoms with Gasteiger partial charge in [-0.2, -0.15) is 13.2 Å². The second-order valence-corrected chi connectivity index (χ2v) is 6.93. The summed E-state index contributed by atoms with van der Waals surface area (Å²) in [7, 11) is -3.28. The molecule has 5 nitrogen and oxygen atoms in total. The first-order chi connectivity index (χ1) is 8.01. The van der Waals surface area contributed by atoms with Gasteiger partial charge >= 0.3 is 12.1 Å². The van der Waals surface area contributed by atoms with Gasteiger partial charge in [0.05, 0.1) is 6.26 Å². The summed E-state index contributed by atoms with van der Waals surface area (Å²) in [5, 5.41) is 0. The van der Waals surface area contributed by atoms with E-state index in [1.165, 1.54) is 0 Å². The molecule has 9 heteroatoms. The van der Waals surface area contributed by atoms with E-state index < -0.39 is 22.1 Å². The summed E-state index contributed by atoms with van der Waals surface area (Å²) in [6, 6.07) is -0.219. The fraction of sp³-hybridized carbons (Fsp3) is 0.889. The Morgan fingerprint density at radius 1 is 1.33 bits per heavy atom. The number of halogens is 3. The van der Waals surface area contributed by atoms with Gasteiger partial charge in [-0.3, -0.25) is 4.79 Å². The lowest BCUT2D eigenvalue weighted by Gasteiger charge is -2.58. The van der Waals surface area contributed by atoms with Gasteiger partial charge in [-0.25, -0.2) is 13.1 Å². The third kappa shape index (κ3) is 2.61. The van der Waals surface area contributed by atoms with E-state index in [9.17, 15) is 26.4 Å². The first kappa shape index (κ1) is 13.6. The van der Waals surface area contributed by atoms with Crippen molar-refractivity contribution in [3.63, 3.8) is 0 Å². The summed E-state index contributed by atoms with van der Waals surface area (Å²) in [4.78, 5) is 11.6. The first-order valence-corrected chi connectivity index (χ1v) is 7.23. The van der Waals surface area contributed by atoms with Crippen LogP contribution in [-0.4, -0.2) is 50.8 Å². The molecule has 18 heavy (non-hydrogen) atoms. The lowest BCUT2D eigenvalue weighted by Crippen LogP contribution is -2.68. The number of hydrogen-bond acceptors (Lipinski definition) is 3. The molecule has 0 aromatic carbocycles. The normalized spacial score (nSPS) is 23.7. The Hall–Kier alpha value is -0.830. The molecule has 1 saturated carbocycles. The second-order valence-electron chi connectivity index (χ2n) is 5.15. The molecule has 0 bridgehead atoms. The van der Waals surface area contributed by atoms with E-state index in [0.29, 0.717) is 12.8 Å². The number of alkyl halides is 3. The number of sulfonamides is 1. The van der Waals surface area contributed by atoms with Crippen LogP contribution in [0, 0.1) is 5.41 Å². The Morgan fingerprint density at radius 3 is 2.22 bits per heavy atom. The molecule has 1 aliphatic heterocycles. The van der Waals surface area contributed by atoms with Crippen LogP contribution >= 0.6 is 0 Å². The fourth-order valence-electron chi connectivity index (χ4n) is 2.72. The highest BCUT2D eigenvalue weighted by Gasteiger charge is 2.57. The maximum atomic E-state index is 12.1. The van der Waals surface area contributed by atoms with E-state index >= 15 is 0 Å². The number of likely N-dealkylation sites (tertiary alicyclic amines) is 1. The summed E-state index contributed by atoms with van der Waals surface area (Å²) in [5.74, 6) is -1.81. The van der Waals surface area contributed by atoms with Gasteiger partial charge < -0.3 is 4.90 Å². The van der Waals surface area contributed by atoms with Crippen molar-refractivity contribution >= 4 is 15.9 Å². The minimum absolute atomic E-state index is 0.0628. The van der Waals surface area contributed by atoms with Gasteiger partial charge in [-0.1, -0.05) is 0 Å². The molecule has 1 spiro atoms. The number of nitrogens with one attached hydrogen (secondary N) is 1. The van der Waals surface area contributed by atoms with Crippen molar-refractivity contribution in [3.05, 3.63) is 0 Å². The van der Waals surface area contributed by atoms with Crippen molar-refractivity contribution in [2.24, 2.45) is 5.41 Å². The van der Waals surface area contributed by atoms with Crippen LogP contribution in [0.5, 0.6) is 0 Å². The molecule has 0 atom stereocenters. The van der Waals surface area contributed by atoms with Crippen LogP contribution in [0.25, 0.3) is 0 Å². The molecule has 2 fully saturated rings. The van der Waals surface area contributed by atoms with Gasteiger partial charge in [-0.05, 0) is 12.8 Å². The Labute approximate surface area is 102 Å². The molecule has 0 aromatic rings. The molecule has 104 valence electrons. The molecule has 0 radical (unpaired) electrons. The van der Waals surface area contributed by atoms with Crippen molar-refractivity contribution in [3.8, 4) is 0 Å². The van der Waals surface area contributed by atoms with Crippen molar-refractivity contribution in [1.29, 1.82) is 0 Å². The number of amides is 1. The third-order valence-corrected chi connectivity index (χ3v) is 4.08. The maximum absolute atomic E-state index is 12.1. The number of carbonyl (C=O) groups is 1. The molecule has 1 aliphatic carbocycles. The van der Waals surface area contributed by atoms with E-state index in [2.05, 4.69) is 4.72 Å². The zero-order valence-electron chi connectivity index (χ0n) is 9.62. The van der Waals surface area contributed by atoms with Crippen molar-refractivity contribution < 1.29 is 26.4 Å². The summed E-state index contributed by atoms with van der Waals surface area (Å²) in [6.45, 7) is 0.126. The zero-order chi connectivity index (χ0) is 13.8. The summed E-state index contributed by atoms with van der Waals surface area (Å²) >= 11 is 0. The average molecular weight is 286 g/mol. The van der Waals surface area contributed by atoms with Gasteiger partial charge in [-0.15, -0.1) is 0 Å². The van der Waals surface area contributed by atoms with Crippen LogP contribution < -0.4 is 4.72 Å². The maximum Gasteiger partial charge on any atom is 0.471 e. The highest BCUT2D eigenvalue weighted by Crippen LogP contribution is 2.49. The smallest absolute Gasteiger partial charge is 0.334 e. The molecule has 0 aromatic heterocycles. The van der Waals surface area contributed by atoms with E-state index in [4.69, 9.17) is 0 Å². The van der Waals surface area contributed by atoms with Crippen molar-refractivity contribution in [2.45, 2.75) is 25.1 Å². The lowest BCUT2D eigenvalue weighted by atomic mass is 9.61. The van der Waals surface area contributed by atoms with Gasteiger partial charge in [0.25, 0.3) is 0 Å². The Morgan fingerprint density at radius 2 is 1.83 bits per heavy atom. The lowest BCUT2D eigenvalue weighted by molar-refractivity contribution is -0.201. The number of rotatable bonds is 2. The number of nitrogens with zero attached hydrogens (tertiary/aromatic N) is 1. The molecule has 2 rings (SSSR count). The summed E-state index contributed by atoms with van der Waals surface area (Å²) in [6.07, 6.45) is -2.81. The van der Waals surface area contributed by atoms with Crippen LogP contribution in [0.2, 0.25) is 0 Å². The second kappa shape index (κ2) is 3.83. The van der Waals surface area contributed by atoms with E-state index in [-0.39, 0.29) is 24.5 Å². The predicted octanol–water partition coefficient (Wildman–Crippen LogP) is 0.0889. The van der Waals surface area contributed by atoms with Crippen LogP contribution in [-0.2, 0) is 14.8 Å². The predicted molar refractivity (Wildman–Crippen MR) is 56.1 cm³/mol. The largest absolute Gasteiger partial charge is 0.471 e. The third-order valence-electron chi connectivity index (χ3n) is 3.32. The van der Waals surface area contributed by atoms with Crippen LogP contribution in [0.3, 0.4) is 0 Å². The Bertz CT molecular complexity index is 460. The van der Waals surface area contributed by atoms with Gasteiger partial charge in [0.15, 0.2) is 0 Å². The molecular weight excluding hydrogens is 273 g/mol. The fourth-order valence-corrected chi connectivity index (χ4v) is 3.49. The monoisotopic (exact) mass is 286 g/mol. The van der Waals surface area contributed by atoms with E-state index in [1.807, 2.05) is 0 Å². The van der Waals surface area contributed by atoms with E-state index in [1.54, 1.807) is 0 Å². The van der Waals surface area contributed by atoms with E-state index in [0.717, 1.165) is 11.2 Å². The summed E-state index contributed by atoms with van der Waals surface area (Å²) < 4.78 is 60.6. The van der Waals surface area contributed by atoms with Crippen LogP contribution in [0.1, 0.15) is 12.8 Å². The van der Waals surface area contributed by atoms with Crippen LogP contribution in [0.15, 0.2) is 0 Å². The summed E-state index contributed by atoms with van der Waals surface area (Å²) in [5.41, 5.74) is -0.316. The van der Waals surface area contributed by atoms with Crippen molar-refractivity contribution in [2.75, 3.05) is 19.3 Å².